The fraction of sp³-hybridized carbons (Fsp3) is 0.526. The number of aliphatic imine (C=N–C) groups is 1. The van der Waals surface area contributed by atoms with Gasteiger partial charge in [-0.2, -0.15) is 10.2 Å². The average molecular weight is 413 g/mol. The quantitative estimate of drug-likeness (QED) is 0.367. The van der Waals surface area contributed by atoms with E-state index in [1.807, 2.05) is 16.8 Å². The van der Waals surface area contributed by atoms with Gasteiger partial charge in [0.15, 0.2) is 17.5 Å². The SMILES string of the molecule is CCNC(=NCCc1nc(-c2ccco2)n[nH]1)NC1CCc2nc(COC)nn2C1. The van der Waals surface area contributed by atoms with Crippen molar-refractivity contribution < 1.29 is 9.15 Å². The molecule has 0 saturated carbocycles. The van der Waals surface area contributed by atoms with Crippen LogP contribution in [0.1, 0.15) is 30.8 Å². The molecular weight excluding hydrogens is 386 g/mol. The van der Waals surface area contributed by atoms with Crippen molar-refractivity contribution in [3.63, 3.8) is 0 Å². The molecular formula is C19H27N9O2. The zero-order chi connectivity index (χ0) is 20.8. The maximum Gasteiger partial charge on any atom is 0.216 e. The summed E-state index contributed by atoms with van der Waals surface area (Å²) in [6, 6.07) is 3.89. The van der Waals surface area contributed by atoms with Crippen molar-refractivity contribution in [2.24, 2.45) is 4.99 Å². The molecule has 11 nitrogen and oxygen atoms in total. The predicted molar refractivity (Wildman–Crippen MR) is 110 cm³/mol. The fourth-order valence-corrected chi connectivity index (χ4v) is 3.38. The summed E-state index contributed by atoms with van der Waals surface area (Å²) in [6.07, 6.45) is 4.12. The molecule has 0 aliphatic carbocycles. The van der Waals surface area contributed by atoms with Gasteiger partial charge in [-0.25, -0.2) is 14.6 Å². The van der Waals surface area contributed by atoms with E-state index in [0.29, 0.717) is 31.2 Å². The number of rotatable bonds is 8. The van der Waals surface area contributed by atoms with Crippen molar-refractivity contribution in [1.29, 1.82) is 0 Å². The first kappa shape index (κ1) is 20.1. The number of aromatic amines is 1. The van der Waals surface area contributed by atoms with Crippen molar-refractivity contribution >= 4 is 5.96 Å². The average Bonchev–Trinajstić information content (AvgIpc) is 3.48. The Hall–Kier alpha value is -3.21. The highest BCUT2D eigenvalue weighted by molar-refractivity contribution is 5.80. The van der Waals surface area contributed by atoms with Gasteiger partial charge in [0, 0.05) is 39.1 Å². The number of guanidine groups is 1. The normalized spacial score (nSPS) is 16.5. The van der Waals surface area contributed by atoms with Crippen LogP contribution >= 0.6 is 0 Å². The number of furan rings is 1. The number of aryl methyl sites for hydroxylation is 1. The lowest BCUT2D eigenvalue weighted by Gasteiger charge is -2.25. The minimum Gasteiger partial charge on any atom is -0.461 e. The van der Waals surface area contributed by atoms with Crippen LogP contribution in [0.3, 0.4) is 0 Å². The minimum absolute atomic E-state index is 0.239. The molecule has 0 aromatic carbocycles. The fourth-order valence-electron chi connectivity index (χ4n) is 3.38. The van der Waals surface area contributed by atoms with Crippen LogP contribution in [-0.2, 0) is 30.7 Å². The zero-order valence-electron chi connectivity index (χ0n) is 17.3. The maximum atomic E-state index is 5.32. The number of fused-ring (bicyclic) bond motifs is 1. The van der Waals surface area contributed by atoms with Crippen LogP contribution in [0.4, 0.5) is 0 Å². The summed E-state index contributed by atoms with van der Waals surface area (Å²) in [4.78, 5) is 13.7. The molecule has 0 amide bonds. The largest absolute Gasteiger partial charge is 0.461 e. The van der Waals surface area contributed by atoms with Gasteiger partial charge in [0.1, 0.15) is 18.3 Å². The molecule has 160 valence electrons. The van der Waals surface area contributed by atoms with E-state index >= 15 is 0 Å². The van der Waals surface area contributed by atoms with Crippen molar-refractivity contribution in [3.05, 3.63) is 35.9 Å². The third-order valence-electron chi connectivity index (χ3n) is 4.75. The molecule has 30 heavy (non-hydrogen) atoms. The number of nitrogens with zero attached hydrogens (tertiary/aromatic N) is 6. The van der Waals surface area contributed by atoms with Gasteiger partial charge in [0.05, 0.1) is 12.8 Å². The van der Waals surface area contributed by atoms with Crippen LogP contribution < -0.4 is 10.6 Å². The Bertz CT molecular complexity index is 961. The van der Waals surface area contributed by atoms with Gasteiger partial charge in [-0.05, 0) is 25.5 Å². The molecule has 3 N–H and O–H groups in total. The van der Waals surface area contributed by atoms with E-state index < -0.39 is 0 Å². The molecule has 0 spiro atoms. The number of aromatic nitrogens is 6. The smallest absolute Gasteiger partial charge is 0.216 e. The number of methoxy groups -OCH3 is 1. The molecule has 0 radical (unpaired) electrons. The molecule has 4 heterocycles. The second-order valence-corrected chi connectivity index (χ2v) is 7.03. The summed E-state index contributed by atoms with van der Waals surface area (Å²) in [6.45, 7) is 4.62. The van der Waals surface area contributed by atoms with Gasteiger partial charge in [-0.15, -0.1) is 0 Å². The van der Waals surface area contributed by atoms with Crippen LogP contribution in [0.25, 0.3) is 11.6 Å². The van der Waals surface area contributed by atoms with Gasteiger partial charge in [0.2, 0.25) is 5.82 Å². The lowest BCUT2D eigenvalue weighted by atomic mass is 10.1. The molecule has 0 saturated heterocycles. The Morgan fingerprint density at radius 1 is 1.43 bits per heavy atom. The lowest BCUT2D eigenvalue weighted by Crippen LogP contribution is -2.47. The molecule has 1 unspecified atom stereocenters. The first-order chi connectivity index (χ1) is 14.7. The second-order valence-electron chi connectivity index (χ2n) is 7.03. The maximum absolute atomic E-state index is 5.32. The van der Waals surface area contributed by atoms with Crippen molar-refractivity contribution in [2.45, 2.75) is 45.4 Å². The van der Waals surface area contributed by atoms with Crippen molar-refractivity contribution in [2.75, 3.05) is 20.2 Å². The molecule has 0 fully saturated rings. The Kier molecular flexibility index (Phi) is 6.38. The monoisotopic (exact) mass is 413 g/mol. The zero-order valence-corrected chi connectivity index (χ0v) is 17.3. The number of nitrogens with one attached hydrogen (secondary N) is 3. The molecule has 3 aromatic heterocycles. The Morgan fingerprint density at radius 2 is 2.37 bits per heavy atom. The van der Waals surface area contributed by atoms with Gasteiger partial charge in [0.25, 0.3) is 0 Å². The number of ether oxygens (including phenoxy) is 1. The van der Waals surface area contributed by atoms with E-state index in [9.17, 15) is 0 Å². The number of hydrogen-bond donors (Lipinski definition) is 3. The first-order valence-corrected chi connectivity index (χ1v) is 10.2. The summed E-state index contributed by atoms with van der Waals surface area (Å²) in [7, 11) is 1.65. The summed E-state index contributed by atoms with van der Waals surface area (Å²) >= 11 is 0. The van der Waals surface area contributed by atoms with Crippen molar-refractivity contribution in [3.8, 4) is 11.6 Å². The number of hydrogen-bond acceptors (Lipinski definition) is 7. The number of H-pyrrole nitrogens is 1. The summed E-state index contributed by atoms with van der Waals surface area (Å²) in [5, 5.41) is 18.5. The van der Waals surface area contributed by atoms with Crippen LogP contribution in [0.15, 0.2) is 27.8 Å². The van der Waals surface area contributed by atoms with E-state index in [0.717, 1.165) is 49.4 Å². The van der Waals surface area contributed by atoms with Crippen LogP contribution in [0.5, 0.6) is 0 Å². The highest BCUT2D eigenvalue weighted by Gasteiger charge is 2.22. The highest BCUT2D eigenvalue weighted by atomic mass is 16.5. The molecule has 11 heteroatoms. The van der Waals surface area contributed by atoms with Crippen LogP contribution in [-0.4, -0.2) is 62.1 Å². The summed E-state index contributed by atoms with van der Waals surface area (Å²) < 4.78 is 12.4. The Labute approximate surface area is 174 Å². The predicted octanol–water partition coefficient (Wildman–Crippen LogP) is 0.915. The molecule has 0 bridgehead atoms. The molecule has 1 aliphatic rings. The third-order valence-corrected chi connectivity index (χ3v) is 4.75. The van der Waals surface area contributed by atoms with Crippen LogP contribution in [0.2, 0.25) is 0 Å². The molecule has 4 rings (SSSR count). The van der Waals surface area contributed by atoms with E-state index in [1.54, 1.807) is 13.4 Å². The Balaban J connectivity index is 1.32. The Morgan fingerprint density at radius 3 is 3.17 bits per heavy atom. The standard InChI is InChI=1S/C19H27N9O2/c1-3-20-19(21-9-8-15-24-18(26-25-15)14-5-4-10-30-14)22-13-6-7-17-23-16(12-29-2)27-28(17)11-13/h4-5,10,13H,3,6-9,11-12H2,1-2H3,(H2,20,21,22)(H,24,25,26). The van der Waals surface area contributed by atoms with E-state index in [4.69, 9.17) is 9.15 Å². The van der Waals surface area contributed by atoms with Gasteiger partial charge in [-0.3, -0.25) is 10.1 Å². The summed E-state index contributed by atoms with van der Waals surface area (Å²) in [5.74, 6) is 4.51. The van der Waals surface area contributed by atoms with E-state index in [1.165, 1.54) is 0 Å². The van der Waals surface area contributed by atoms with Gasteiger partial charge >= 0.3 is 0 Å². The van der Waals surface area contributed by atoms with Crippen LogP contribution in [0, 0.1) is 0 Å². The summed E-state index contributed by atoms with van der Waals surface area (Å²) in [5.41, 5.74) is 0. The first-order valence-electron chi connectivity index (χ1n) is 10.2. The highest BCUT2D eigenvalue weighted by Crippen LogP contribution is 2.15. The molecule has 1 atom stereocenters. The van der Waals surface area contributed by atoms with Gasteiger partial charge in [-0.1, -0.05) is 0 Å². The molecule has 3 aromatic rings. The second kappa shape index (κ2) is 9.53. The minimum atomic E-state index is 0.239. The molecule has 1 aliphatic heterocycles. The van der Waals surface area contributed by atoms with E-state index in [-0.39, 0.29) is 6.04 Å². The third kappa shape index (κ3) is 4.85. The topological polar surface area (TPSA) is 131 Å². The lowest BCUT2D eigenvalue weighted by molar-refractivity contribution is 0.177. The van der Waals surface area contributed by atoms with Crippen molar-refractivity contribution in [1.82, 2.24) is 40.6 Å². The van der Waals surface area contributed by atoms with Gasteiger partial charge < -0.3 is 19.8 Å². The van der Waals surface area contributed by atoms with E-state index in [2.05, 4.69) is 47.8 Å².